The van der Waals surface area contributed by atoms with Crippen LogP contribution in [0.5, 0.6) is 0 Å². The van der Waals surface area contributed by atoms with Crippen LogP contribution in [-0.4, -0.2) is 46.8 Å². The van der Waals surface area contributed by atoms with Gasteiger partial charge in [-0.2, -0.15) is 0 Å². The first-order valence-corrected chi connectivity index (χ1v) is 7.83. The summed E-state index contributed by atoms with van der Waals surface area (Å²) >= 11 is 0. The Morgan fingerprint density at radius 3 is 2.68 bits per heavy atom. The summed E-state index contributed by atoms with van der Waals surface area (Å²) in [4.78, 5) is 13.6. The van der Waals surface area contributed by atoms with Crippen molar-refractivity contribution in [2.24, 2.45) is 0 Å². The molecule has 19 heavy (non-hydrogen) atoms. The van der Waals surface area contributed by atoms with Gasteiger partial charge < -0.3 is 9.84 Å². The monoisotopic (exact) mass is 267 g/mol. The van der Waals surface area contributed by atoms with Crippen molar-refractivity contribution in [2.75, 3.05) is 13.2 Å². The largest absolute Gasteiger partial charge is 0.480 e. The fourth-order valence-corrected chi connectivity index (χ4v) is 4.32. The third-order valence-corrected chi connectivity index (χ3v) is 5.28. The summed E-state index contributed by atoms with van der Waals surface area (Å²) in [7, 11) is 0. The molecule has 2 atom stereocenters. The van der Waals surface area contributed by atoms with Gasteiger partial charge >= 0.3 is 5.97 Å². The Morgan fingerprint density at radius 1 is 1.16 bits per heavy atom. The lowest BCUT2D eigenvalue weighted by Crippen LogP contribution is -2.52. The van der Waals surface area contributed by atoms with Crippen LogP contribution in [-0.2, 0) is 9.53 Å². The van der Waals surface area contributed by atoms with Crippen molar-refractivity contribution < 1.29 is 14.6 Å². The molecule has 2 aliphatic heterocycles. The second-order valence-electron chi connectivity index (χ2n) is 6.47. The molecule has 1 saturated carbocycles. The van der Waals surface area contributed by atoms with Crippen LogP contribution in [0.1, 0.15) is 57.8 Å². The molecular weight excluding hydrogens is 242 g/mol. The van der Waals surface area contributed by atoms with E-state index in [0.29, 0.717) is 6.04 Å². The molecule has 4 heteroatoms. The zero-order chi connectivity index (χ0) is 13.3. The van der Waals surface area contributed by atoms with Gasteiger partial charge in [0.15, 0.2) is 0 Å². The highest BCUT2D eigenvalue weighted by atomic mass is 16.5. The first-order valence-electron chi connectivity index (χ1n) is 7.83. The molecule has 2 saturated heterocycles. The van der Waals surface area contributed by atoms with E-state index in [9.17, 15) is 9.90 Å². The van der Waals surface area contributed by atoms with Crippen LogP contribution in [0.25, 0.3) is 0 Å². The Hall–Kier alpha value is -0.610. The normalized spacial score (nSPS) is 35.6. The van der Waals surface area contributed by atoms with Crippen LogP contribution < -0.4 is 0 Å². The van der Waals surface area contributed by atoms with Crippen LogP contribution in [0.2, 0.25) is 0 Å². The highest BCUT2D eigenvalue weighted by Crippen LogP contribution is 2.41. The average molecular weight is 267 g/mol. The number of hydrogen-bond acceptors (Lipinski definition) is 3. The smallest absolute Gasteiger partial charge is 0.320 e. The maximum absolute atomic E-state index is 11.3. The van der Waals surface area contributed by atoms with E-state index in [4.69, 9.17) is 4.74 Å². The van der Waals surface area contributed by atoms with Crippen molar-refractivity contribution in [2.45, 2.75) is 75.5 Å². The van der Waals surface area contributed by atoms with E-state index in [1.54, 1.807) is 0 Å². The number of nitrogens with zero attached hydrogens (tertiary/aromatic N) is 1. The zero-order valence-corrected chi connectivity index (χ0v) is 11.6. The lowest BCUT2D eigenvalue weighted by molar-refractivity contribution is -0.149. The van der Waals surface area contributed by atoms with Crippen LogP contribution in [0, 0.1) is 0 Å². The molecule has 2 heterocycles. The van der Waals surface area contributed by atoms with Gasteiger partial charge in [0.25, 0.3) is 0 Å². The predicted octanol–water partition coefficient (Wildman–Crippen LogP) is 2.42. The highest BCUT2D eigenvalue weighted by molar-refractivity contribution is 5.73. The molecule has 0 aromatic rings. The topological polar surface area (TPSA) is 49.8 Å². The van der Waals surface area contributed by atoms with Crippen LogP contribution in [0.3, 0.4) is 0 Å². The van der Waals surface area contributed by atoms with E-state index < -0.39 is 5.97 Å². The molecular formula is C15H25NO3. The molecule has 0 bridgehead atoms. The van der Waals surface area contributed by atoms with Gasteiger partial charge in [0, 0.05) is 12.6 Å². The number of likely N-dealkylation sites (tertiary alicyclic amines) is 1. The second-order valence-corrected chi connectivity index (χ2v) is 6.47. The molecule has 0 amide bonds. The maximum Gasteiger partial charge on any atom is 0.320 e. The number of ether oxygens (including phenoxy) is 1. The molecule has 4 nitrogen and oxygen atoms in total. The van der Waals surface area contributed by atoms with Gasteiger partial charge in [-0.25, -0.2) is 0 Å². The van der Waals surface area contributed by atoms with Gasteiger partial charge in [-0.3, -0.25) is 9.69 Å². The van der Waals surface area contributed by atoms with Crippen LogP contribution in [0.4, 0.5) is 0 Å². The molecule has 1 spiro atoms. The van der Waals surface area contributed by atoms with E-state index >= 15 is 0 Å². The third kappa shape index (κ3) is 2.65. The quantitative estimate of drug-likeness (QED) is 0.834. The Bertz CT molecular complexity index is 333. The maximum atomic E-state index is 11.3. The fourth-order valence-electron chi connectivity index (χ4n) is 4.32. The summed E-state index contributed by atoms with van der Waals surface area (Å²) in [6, 6.07) is 0.180. The van der Waals surface area contributed by atoms with Crippen molar-refractivity contribution in [3.63, 3.8) is 0 Å². The van der Waals surface area contributed by atoms with E-state index in [1.165, 1.54) is 32.1 Å². The lowest BCUT2D eigenvalue weighted by atomic mass is 9.78. The van der Waals surface area contributed by atoms with Gasteiger partial charge in [0.1, 0.15) is 6.04 Å². The van der Waals surface area contributed by atoms with Gasteiger partial charge in [-0.15, -0.1) is 0 Å². The highest BCUT2D eigenvalue weighted by Gasteiger charge is 2.43. The van der Waals surface area contributed by atoms with Crippen molar-refractivity contribution in [3.05, 3.63) is 0 Å². The summed E-state index contributed by atoms with van der Waals surface area (Å²) < 4.78 is 6.12. The first kappa shape index (κ1) is 13.4. The molecule has 3 fully saturated rings. The van der Waals surface area contributed by atoms with Gasteiger partial charge in [-0.1, -0.05) is 19.3 Å². The van der Waals surface area contributed by atoms with E-state index in [1.807, 2.05) is 0 Å². The van der Waals surface area contributed by atoms with Gasteiger partial charge in [0.05, 0.1) is 5.60 Å². The zero-order valence-electron chi connectivity index (χ0n) is 11.6. The standard InChI is InChI=1S/C15H25NO3/c17-14(18)13-5-4-9-16(13)12-6-10-19-15(11-12)7-2-1-3-8-15/h12-13H,1-11H2,(H,17,18). The van der Waals surface area contributed by atoms with Crippen molar-refractivity contribution >= 4 is 5.97 Å². The third-order valence-electron chi connectivity index (χ3n) is 5.28. The molecule has 3 rings (SSSR count). The summed E-state index contributed by atoms with van der Waals surface area (Å²) in [5.74, 6) is -0.637. The molecule has 108 valence electrons. The molecule has 3 aliphatic rings. The second kappa shape index (κ2) is 5.41. The fraction of sp³-hybridized carbons (Fsp3) is 0.933. The number of carboxylic acids is 1. The average Bonchev–Trinajstić information content (AvgIpc) is 2.89. The van der Waals surface area contributed by atoms with E-state index in [-0.39, 0.29) is 11.6 Å². The first-order chi connectivity index (χ1) is 9.20. The Labute approximate surface area is 115 Å². The SMILES string of the molecule is O=C(O)C1CCCN1C1CCOC2(CCCCC2)C1. The van der Waals surface area contributed by atoms with Gasteiger partial charge in [0.2, 0.25) is 0 Å². The van der Waals surface area contributed by atoms with Crippen LogP contribution >= 0.6 is 0 Å². The summed E-state index contributed by atoms with van der Waals surface area (Å²) in [6.07, 6.45) is 10.1. The molecule has 0 radical (unpaired) electrons. The Kier molecular flexibility index (Phi) is 3.81. The molecule has 1 aliphatic carbocycles. The summed E-state index contributed by atoms with van der Waals surface area (Å²) in [6.45, 7) is 1.77. The van der Waals surface area contributed by atoms with E-state index in [0.717, 1.165) is 38.8 Å². The molecule has 0 aromatic carbocycles. The summed E-state index contributed by atoms with van der Waals surface area (Å²) in [5.41, 5.74) is 0.0762. The van der Waals surface area contributed by atoms with Crippen molar-refractivity contribution in [1.82, 2.24) is 4.90 Å². The van der Waals surface area contributed by atoms with Crippen molar-refractivity contribution in [3.8, 4) is 0 Å². The lowest BCUT2D eigenvalue weighted by Gasteiger charge is -2.46. The minimum Gasteiger partial charge on any atom is -0.480 e. The van der Waals surface area contributed by atoms with E-state index in [2.05, 4.69) is 4.90 Å². The molecule has 0 aromatic heterocycles. The number of rotatable bonds is 2. The van der Waals surface area contributed by atoms with Crippen LogP contribution in [0.15, 0.2) is 0 Å². The predicted molar refractivity (Wildman–Crippen MR) is 72.2 cm³/mol. The number of hydrogen-bond donors (Lipinski definition) is 1. The summed E-state index contributed by atoms with van der Waals surface area (Å²) in [5, 5.41) is 9.34. The number of aliphatic carboxylic acids is 1. The van der Waals surface area contributed by atoms with Crippen molar-refractivity contribution in [1.29, 1.82) is 0 Å². The molecule has 2 unspecified atom stereocenters. The number of carboxylic acid groups (broad SMARTS) is 1. The Morgan fingerprint density at radius 2 is 1.95 bits per heavy atom. The minimum atomic E-state index is -0.637. The Balaban J connectivity index is 1.69. The number of carbonyl (C=O) groups is 1. The minimum absolute atomic E-state index is 0.0762. The molecule has 1 N–H and O–H groups in total. The van der Waals surface area contributed by atoms with Gasteiger partial charge in [-0.05, 0) is 45.1 Å².